The standard InChI is InChI=1S/C17H23N3O3/c1-3-4-14-5-6-16(23-14)17-18-7-8-20(17)12-15-11-19(13(2)21)9-10-22-15/h5-8,15H,3-4,9-12H2,1-2H3. The van der Waals surface area contributed by atoms with Crippen molar-refractivity contribution in [2.45, 2.75) is 39.3 Å². The quantitative estimate of drug-likeness (QED) is 0.849. The Morgan fingerprint density at radius 1 is 1.43 bits per heavy atom. The number of nitrogens with zero attached hydrogens (tertiary/aromatic N) is 3. The van der Waals surface area contributed by atoms with Crippen LogP contribution in [0.3, 0.4) is 0 Å². The Hall–Kier alpha value is -2.08. The van der Waals surface area contributed by atoms with E-state index in [1.807, 2.05) is 27.8 Å². The summed E-state index contributed by atoms with van der Waals surface area (Å²) in [5.41, 5.74) is 0. The Kier molecular flexibility index (Phi) is 4.81. The molecule has 3 heterocycles. The van der Waals surface area contributed by atoms with Gasteiger partial charge in [0.15, 0.2) is 11.6 Å². The van der Waals surface area contributed by atoms with Gasteiger partial charge in [-0.3, -0.25) is 4.79 Å². The Morgan fingerprint density at radius 2 is 2.30 bits per heavy atom. The van der Waals surface area contributed by atoms with Crippen LogP contribution in [-0.2, 0) is 22.5 Å². The second-order valence-corrected chi connectivity index (χ2v) is 5.88. The van der Waals surface area contributed by atoms with Crippen molar-refractivity contribution in [3.05, 3.63) is 30.3 Å². The molecule has 3 rings (SSSR count). The van der Waals surface area contributed by atoms with E-state index in [4.69, 9.17) is 9.15 Å². The smallest absolute Gasteiger partial charge is 0.219 e. The molecule has 1 aliphatic rings. The van der Waals surface area contributed by atoms with Gasteiger partial charge < -0.3 is 18.6 Å². The summed E-state index contributed by atoms with van der Waals surface area (Å²) in [4.78, 5) is 17.8. The van der Waals surface area contributed by atoms with Gasteiger partial charge >= 0.3 is 0 Å². The molecular weight excluding hydrogens is 294 g/mol. The lowest BCUT2D eigenvalue weighted by molar-refractivity contribution is -0.136. The fourth-order valence-corrected chi connectivity index (χ4v) is 2.90. The molecule has 1 unspecified atom stereocenters. The van der Waals surface area contributed by atoms with Crippen molar-refractivity contribution in [2.75, 3.05) is 19.7 Å². The monoisotopic (exact) mass is 317 g/mol. The van der Waals surface area contributed by atoms with Gasteiger partial charge in [-0.05, 0) is 18.6 Å². The molecule has 0 spiro atoms. The van der Waals surface area contributed by atoms with E-state index in [1.165, 1.54) is 0 Å². The SMILES string of the molecule is CCCc1ccc(-c2nccn2CC2CN(C(C)=O)CCO2)o1. The fourth-order valence-electron chi connectivity index (χ4n) is 2.90. The first-order valence-corrected chi connectivity index (χ1v) is 8.14. The van der Waals surface area contributed by atoms with E-state index >= 15 is 0 Å². The number of amides is 1. The van der Waals surface area contributed by atoms with Crippen LogP contribution in [0.2, 0.25) is 0 Å². The molecule has 1 saturated heterocycles. The van der Waals surface area contributed by atoms with Crippen LogP contribution in [-0.4, -0.2) is 46.2 Å². The van der Waals surface area contributed by atoms with Crippen molar-refractivity contribution in [1.29, 1.82) is 0 Å². The zero-order chi connectivity index (χ0) is 16.2. The van der Waals surface area contributed by atoms with Gasteiger partial charge in [0, 0.05) is 38.8 Å². The van der Waals surface area contributed by atoms with Crippen LogP contribution in [0.5, 0.6) is 0 Å². The van der Waals surface area contributed by atoms with E-state index in [0.29, 0.717) is 26.2 Å². The van der Waals surface area contributed by atoms with Gasteiger partial charge in [-0.25, -0.2) is 4.98 Å². The molecule has 1 atom stereocenters. The Balaban J connectivity index is 1.71. The number of furan rings is 1. The maximum atomic E-state index is 11.5. The van der Waals surface area contributed by atoms with Gasteiger partial charge in [-0.2, -0.15) is 0 Å². The van der Waals surface area contributed by atoms with Crippen molar-refractivity contribution in [3.63, 3.8) is 0 Å². The average molecular weight is 317 g/mol. The van der Waals surface area contributed by atoms with E-state index in [2.05, 4.69) is 11.9 Å². The highest BCUT2D eigenvalue weighted by molar-refractivity contribution is 5.73. The molecule has 1 amide bonds. The van der Waals surface area contributed by atoms with Gasteiger partial charge in [0.2, 0.25) is 5.91 Å². The van der Waals surface area contributed by atoms with Crippen molar-refractivity contribution in [3.8, 4) is 11.6 Å². The molecule has 23 heavy (non-hydrogen) atoms. The maximum absolute atomic E-state index is 11.5. The fraction of sp³-hybridized carbons (Fsp3) is 0.529. The summed E-state index contributed by atoms with van der Waals surface area (Å²) in [6.07, 6.45) is 5.65. The zero-order valence-electron chi connectivity index (χ0n) is 13.7. The average Bonchev–Trinajstić information content (AvgIpc) is 3.17. The van der Waals surface area contributed by atoms with Crippen molar-refractivity contribution < 1.29 is 13.9 Å². The Labute approximate surface area is 136 Å². The minimum Gasteiger partial charge on any atom is -0.458 e. The highest BCUT2D eigenvalue weighted by Gasteiger charge is 2.23. The third kappa shape index (κ3) is 3.64. The van der Waals surface area contributed by atoms with E-state index in [-0.39, 0.29) is 12.0 Å². The molecule has 2 aromatic heterocycles. The Bertz CT molecular complexity index is 662. The van der Waals surface area contributed by atoms with E-state index in [1.54, 1.807) is 13.1 Å². The molecule has 0 aromatic carbocycles. The lowest BCUT2D eigenvalue weighted by atomic mass is 10.2. The maximum Gasteiger partial charge on any atom is 0.219 e. The third-order valence-electron chi connectivity index (χ3n) is 4.08. The molecule has 124 valence electrons. The largest absolute Gasteiger partial charge is 0.458 e. The minimum absolute atomic E-state index is 0.0225. The van der Waals surface area contributed by atoms with Crippen LogP contribution in [0.4, 0.5) is 0 Å². The summed E-state index contributed by atoms with van der Waals surface area (Å²) in [7, 11) is 0. The van der Waals surface area contributed by atoms with Gasteiger partial charge in [0.1, 0.15) is 5.76 Å². The molecule has 0 N–H and O–H groups in total. The van der Waals surface area contributed by atoms with Gasteiger partial charge in [0.25, 0.3) is 0 Å². The highest BCUT2D eigenvalue weighted by atomic mass is 16.5. The molecular formula is C17H23N3O3. The number of imidazole rings is 1. The first-order valence-electron chi connectivity index (χ1n) is 8.14. The molecule has 1 aliphatic heterocycles. The summed E-state index contributed by atoms with van der Waals surface area (Å²) in [5, 5.41) is 0. The van der Waals surface area contributed by atoms with Gasteiger partial charge in [-0.1, -0.05) is 6.92 Å². The number of aromatic nitrogens is 2. The summed E-state index contributed by atoms with van der Waals surface area (Å²) in [6, 6.07) is 3.97. The summed E-state index contributed by atoms with van der Waals surface area (Å²) in [6.45, 7) is 6.25. The molecule has 6 heteroatoms. The number of hydrogen-bond acceptors (Lipinski definition) is 4. The van der Waals surface area contributed by atoms with Crippen molar-refractivity contribution in [2.24, 2.45) is 0 Å². The second kappa shape index (κ2) is 7.00. The number of aryl methyl sites for hydroxylation is 1. The molecule has 0 aliphatic carbocycles. The van der Waals surface area contributed by atoms with Crippen LogP contribution in [0, 0.1) is 0 Å². The van der Waals surface area contributed by atoms with Crippen LogP contribution < -0.4 is 0 Å². The number of carbonyl (C=O) groups excluding carboxylic acids is 1. The number of rotatable bonds is 5. The lowest BCUT2D eigenvalue weighted by Gasteiger charge is -2.32. The van der Waals surface area contributed by atoms with Crippen LogP contribution in [0.15, 0.2) is 28.9 Å². The van der Waals surface area contributed by atoms with Crippen molar-refractivity contribution in [1.82, 2.24) is 14.5 Å². The molecule has 6 nitrogen and oxygen atoms in total. The minimum atomic E-state index is -0.0225. The second-order valence-electron chi connectivity index (χ2n) is 5.88. The highest BCUT2D eigenvalue weighted by Crippen LogP contribution is 2.22. The normalized spacial score (nSPS) is 18.3. The number of ether oxygens (including phenoxy) is 1. The molecule has 0 bridgehead atoms. The van der Waals surface area contributed by atoms with E-state index in [0.717, 1.165) is 30.2 Å². The number of hydrogen-bond donors (Lipinski definition) is 0. The van der Waals surface area contributed by atoms with Crippen LogP contribution in [0.1, 0.15) is 26.0 Å². The van der Waals surface area contributed by atoms with Gasteiger partial charge in [-0.15, -0.1) is 0 Å². The summed E-state index contributed by atoms with van der Waals surface area (Å²) in [5.74, 6) is 2.65. The summed E-state index contributed by atoms with van der Waals surface area (Å²) < 4.78 is 13.7. The first-order chi connectivity index (χ1) is 11.2. The predicted molar refractivity (Wildman–Crippen MR) is 85.9 cm³/mol. The number of carbonyl (C=O) groups is 1. The lowest BCUT2D eigenvalue weighted by Crippen LogP contribution is -2.46. The Morgan fingerprint density at radius 3 is 3.09 bits per heavy atom. The molecule has 0 saturated carbocycles. The van der Waals surface area contributed by atoms with E-state index in [9.17, 15) is 4.79 Å². The molecule has 1 fully saturated rings. The van der Waals surface area contributed by atoms with Crippen LogP contribution in [0.25, 0.3) is 11.6 Å². The zero-order valence-corrected chi connectivity index (χ0v) is 13.7. The molecule has 0 radical (unpaired) electrons. The number of morpholine rings is 1. The van der Waals surface area contributed by atoms with Crippen LogP contribution >= 0.6 is 0 Å². The topological polar surface area (TPSA) is 60.5 Å². The van der Waals surface area contributed by atoms with E-state index < -0.39 is 0 Å². The summed E-state index contributed by atoms with van der Waals surface area (Å²) >= 11 is 0. The van der Waals surface area contributed by atoms with Crippen molar-refractivity contribution >= 4 is 5.91 Å². The van der Waals surface area contributed by atoms with Gasteiger partial charge in [0.05, 0.1) is 19.3 Å². The first kappa shape index (κ1) is 15.8. The molecule has 2 aromatic rings. The third-order valence-corrected chi connectivity index (χ3v) is 4.08. The predicted octanol–water partition coefficient (Wildman–Crippen LogP) is 2.34.